The van der Waals surface area contributed by atoms with Crippen molar-refractivity contribution >= 4 is 5.91 Å². The van der Waals surface area contributed by atoms with Crippen LogP contribution in [0.3, 0.4) is 0 Å². The molecule has 1 aliphatic heterocycles. The van der Waals surface area contributed by atoms with E-state index in [0.717, 1.165) is 0 Å². The first kappa shape index (κ1) is 13.0. The molecule has 100 valence electrons. The minimum absolute atomic E-state index is 0.0378. The highest BCUT2D eigenvalue weighted by molar-refractivity contribution is 5.76. The lowest BCUT2D eigenvalue weighted by Crippen LogP contribution is -2.54. The SMILES string of the molecule is O=C(CCn1cccn1)NC1(CO)CCOCC1. The summed E-state index contributed by atoms with van der Waals surface area (Å²) in [5, 5.41) is 16.4. The van der Waals surface area contributed by atoms with Crippen LogP contribution in [0.2, 0.25) is 0 Å². The highest BCUT2D eigenvalue weighted by atomic mass is 16.5. The highest BCUT2D eigenvalue weighted by Gasteiger charge is 2.33. The van der Waals surface area contributed by atoms with E-state index in [4.69, 9.17) is 4.74 Å². The molecule has 2 heterocycles. The van der Waals surface area contributed by atoms with Gasteiger partial charge in [0.25, 0.3) is 0 Å². The van der Waals surface area contributed by atoms with Crippen molar-refractivity contribution in [3.05, 3.63) is 18.5 Å². The Morgan fingerprint density at radius 2 is 2.28 bits per heavy atom. The summed E-state index contributed by atoms with van der Waals surface area (Å²) in [6.07, 6.45) is 5.20. The van der Waals surface area contributed by atoms with E-state index in [0.29, 0.717) is 39.0 Å². The number of amides is 1. The van der Waals surface area contributed by atoms with Crippen LogP contribution in [-0.4, -0.2) is 46.2 Å². The Kier molecular flexibility index (Phi) is 4.33. The molecule has 1 amide bonds. The van der Waals surface area contributed by atoms with Crippen molar-refractivity contribution in [1.29, 1.82) is 0 Å². The van der Waals surface area contributed by atoms with E-state index in [1.807, 2.05) is 12.3 Å². The quantitative estimate of drug-likeness (QED) is 0.770. The molecule has 1 saturated heterocycles. The maximum Gasteiger partial charge on any atom is 0.222 e. The zero-order valence-electron chi connectivity index (χ0n) is 10.3. The largest absolute Gasteiger partial charge is 0.394 e. The van der Waals surface area contributed by atoms with E-state index < -0.39 is 5.54 Å². The molecule has 1 aliphatic rings. The van der Waals surface area contributed by atoms with Crippen molar-refractivity contribution in [1.82, 2.24) is 15.1 Å². The van der Waals surface area contributed by atoms with Crippen LogP contribution >= 0.6 is 0 Å². The Balaban J connectivity index is 1.81. The first-order valence-electron chi connectivity index (χ1n) is 6.21. The molecular weight excluding hydrogens is 234 g/mol. The highest BCUT2D eigenvalue weighted by Crippen LogP contribution is 2.20. The van der Waals surface area contributed by atoms with Gasteiger partial charge in [-0.25, -0.2) is 0 Å². The van der Waals surface area contributed by atoms with Crippen LogP contribution in [0.5, 0.6) is 0 Å². The number of carbonyl (C=O) groups excluding carboxylic acids is 1. The molecule has 6 heteroatoms. The fourth-order valence-electron chi connectivity index (χ4n) is 2.09. The number of carbonyl (C=O) groups is 1. The molecule has 0 atom stereocenters. The number of aliphatic hydroxyl groups is 1. The Hall–Kier alpha value is -1.40. The average molecular weight is 253 g/mol. The van der Waals surface area contributed by atoms with Gasteiger partial charge in [-0.2, -0.15) is 5.10 Å². The van der Waals surface area contributed by atoms with Gasteiger partial charge in [0.1, 0.15) is 0 Å². The third kappa shape index (κ3) is 3.30. The molecule has 18 heavy (non-hydrogen) atoms. The first-order valence-corrected chi connectivity index (χ1v) is 6.21. The van der Waals surface area contributed by atoms with Gasteiger partial charge in [-0.3, -0.25) is 9.48 Å². The second-order valence-electron chi connectivity index (χ2n) is 4.62. The summed E-state index contributed by atoms with van der Waals surface area (Å²) in [4.78, 5) is 11.9. The lowest BCUT2D eigenvalue weighted by Gasteiger charge is -2.36. The van der Waals surface area contributed by atoms with Crippen molar-refractivity contribution in [3.8, 4) is 0 Å². The summed E-state index contributed by atoms with van der Waals surface area (Å²) < 4.78 is 6.97. The third-order valence-electron chi connectivity index (χ3n) is 3.28. The third-order valence-corrected chi connectivity index (χ3v) is 3.28. The number of hydrogen-bond acceptors (Lipinski definition) is 4. The lowest BCUT2D eigenvalue weighted by atomic mass is 9.91. The minimum Gasteiger partial charge on any atom is -0.394 e. The van der Waals surface area contributed by atoms with Gasteiger partial charge in [0, 0.05) is 38.6 Å². The molecular formula is C12H19N3O3. The van der Waals surface area contributed by atoms with Crippen LogP contribution in [-0.2, 0) is 16.1 Å². The lowest BCUT2D eigenvalue weighted by molar-refractivity contribution is -0.125. The van der Waals surface area contributed by atoms with Crippen LogP contribution in [0.1, 0.15) is 19.3 Å². The number of nitrogens with one attached hydrogen (secondary N) is 1. The molecule has 0 saturated carbocycles. The molecule has 1 fully saturated rings. The molecule has 0 bridgehead atoms. The number of ether oxygens (including phenoxy) is 1. The predicted octanol–water partition coefficient (Wildman–Crippen LogP) is -0.0691. The fraction of sp³-hybridized carbons (Fsp3) is 0.667. The van der Waals surface area contributed by atoms with E-state index >= 15 is 0 Å². The number of nitrogens with zero attached hydrogens (tertiary/aromatic N) is 2. The van der Waals surface area contributed by atoms with Gasteiger partial charge in [-0.05, 0) is 18.9 Å². The molecule has 0 spiro atoms. The summed E-state index contributed by atoms with van der Waals surface area (Å²) in [6.45, 7) is 1.68. The number of aliphatic hydroxyl groups excluding tert-OH is 1. The van der Waals surface area contributed by atoms with Crippen molar-refractivity contribution in [3.63, 3.8) is 0 Å². The smallest absolute Gasteiger partial charge is 0.222 e. The number of aromatic nitrogens is 2. The summed E-state index contributed by atoms with van der Waals surface area (Å²) in [5.41, 5.74) is -0.501. The topological polar surface area (TPSA) is 76.4 Å². The van der Waals surface area contributed by atoms with E-state index in [9.17, 15) is 9.90 Å². The summed E-state index contributed by atoms with van der Waals surface area (Å²) in [6, 6.07) is 1.82. The van der Waals surface area contributed by atoms with E-state index in [-0.39, 0.29) is 12.5 Å². The van der Waals surface area contributed by atoms with Crippen LogP contribution in [0.25, 0.3) is 0 Å². The Morgan fingerprint density at radius 1 is 1.50 bits per heavy atom. The molecule has 1 aromatic heterocycles. The number of hydrogen-bond donors (Lipinski definition) is 2. The van der Waals surface area contributed by atoms with E-state index in [1.165, 1.54) is 0 Å². The van der Waals surface area contributed by atoms with Crippen LogP contribution < -0.4 is 5.32 Å². The predicted molar refractivity (Wildman–Crippen MR) is 64.9 cm³/mol. The molecule has 2 rings (SSSR count). The molecule has 6 nitrogen and oxygen atoms in total. The molecule has 0 unspecified atom stereocenters. The zero-order valence-corrected chi connectivity index (χ0v) is 10.3. The number of rotatable bonds is 5. The van der Waals surface area contributed by atoms with E-state index in [2.05, 4.69) is 10.4 Å². The Bertz CT molecular complexity index is 372. The second-order valence-corrected chi connectivity index (χ2v) is 4.62. The monoisotopic (exact) mass is 253 g/mol. The van der Waals surface area contributed by atoms with Crippen LogP contribution in [0.4, 0.5) is 0 Å². The van der Waals surface area contributed by atoms with Crippen LogP contribution in [0, 0.1) is 0 Å². The first-order chi connectivity index (χ1) is 8.74. The summed E-state index contributed by atoms with van der Waals surface area (Å²) in [7, 11) is 0. The molecule has 2 N–H and O–H groups in total. The fourth-order valence-corrected chi connectivity index (χ4v) is 2.09. The molecule has 0 aromatic carbocycles. The van der Waals surface area contributed by atoms with Crippen LogP contribution in [0.15, 0.2) is 18.5 Å². The Morgan fingerprint density at radius 3 is 2.89 bits per heavy atom. The molecule has 1 aromatic rings. The molecule has 0 radical (unpaired) electrons. The second kappa shape index (κ2) is 5.97. The van der Waals surface area contributed by atoms with Gasteiger partial charge in [0.2, 0.25) is 5.91 Å². The molecule has 0 aliphatic carbocycles. The Labute approximate surface area is 106 Å². The van der Waals surface area contributed by atoms with Gasteiger partial charge in [0.15, 0.2) is 0 Å². The van der Waals surface area contributed by atoms with Gasteiger partial charge in [-0.1, -0.05) is 0 Å². The van der Waals surface area contributed by atoms with E-state index in [1.54, 1.807) is 10.9 Å². The maximum atomic E-state index is 11.9. The summed E-state index contributed by atoms with van der Waals surface area (Å²) >= 11 is 0. The van der Waals surface area contributed by atoms with Crippen molar-refractivity contribution < 1.29 is 14.6 Å². The van der Waals surface area contributed by atoms with Crippen molar-refractivity contribution in [2.45, 2.75) is 31.3 Å². The number of aryl methyl sites for hydroxylation is 1. The van der Waals surface area contributed by atoms with Crippen molar-refractivity contribution in [2.75, 3.05) is 19.8 Å². The van der Waals surface area contributed by atoms with Gasteiger partial charge >= 0.3 is 0 Å². The van der Waals surface area contributed by atoms with Gasteiger partial charge in [0.05, 0.1) is 12.1 Å². The van der Waals surface area contributed by atoms with Crippen molar-refractivity contribution in [2.24, 2.45) is 0 Å². The standard InChI is InChI=1S/C12H19N3O3/c16-10-12(3-8-18-9-4-12)14-11(17)2-7-15-6-1-5-13-15/h1,5-6,16H,2-4,7-10H2,(H,14,17). The zero-order chi connectivity index (χ0) is 12.8. The van der Waals surface area contributed by atoms with Gasteiger partial charge < -0.3 is 15.2 Å². The average Bonchev–Trinajstić information content (AvgIpc) is 2.91. The summed E-state index contributed by atoms with van der Waals surface area (Å²) in [5.74, 6) is -0.0542. The van der Waals surface area contributed by atoms with Gasteiger partial charge in [-0.15, -0.1) is 0 Å². The maximum absolute atomic E-state index is 11.9. The normalized spacial score (nSPS) is 18.5. The minimum atomic E-state index is -0.501.